The summed E-state index contributed by atoms with van der Waals surface area (Å²) in [6.45, 7) is 0. The quantitative estimate of drug-likeness (QED) is 0.521. The average molecular weight is 230 g/mol. The van der Waals surface area contributed by atoms with Crippen molar-refractivity contribution in [3.63, 3.8) is 0 Å². The number of fused-ring (bicyclic) bond motifs is 3. The molecular weight excluding hydrogens is 223 g/mol. The molecule has 2 aromatic carbocycles. The van der Waals surface area contributed by atoms with Crippen molar-refractivity contribution in [1.82, 2.24) is 0 Å². The van der Waals surface area contributed by atoms with Gasteiger partial charge in [-0.25, -0.2) is 0 Å². The Morgan fingerprint density at radius 3 is 2.77 bits per heavy atom. The zero-order valence-electron chi connectivity index (χ0n) is 6.95. The summed E-state index contributed by atoms with van der Waals surface area (Å²) in [5.41, 5.74) is 0. The van der Waals surface area contributed by atoms with Crippen LogP contribution in [0.4, 0.5) is 0 Å². The minimum atomic E-state index is 0.504. The van der Waals surface area contributed by atoms with Crippen LogP contribution in [0, 0.1) is 6.07 Å². The second kappa shape index (κ2) is 2.73. The van der Waals surface area contributed by atoms with E-state index in [1.54, 1.807) is 0 Å². The predicted molar refractivity (Wildman–Crippen MR) is 57.2 cm³/mol. The molecule has 0 spiro atoms. The molecule has 61 valence electrons. The third-order valence-corrected chi connectivity index (χ3v) is 4.58. The summed E-state index contributed by atoms with van der Waals surface area (Å²) < 4.78 is 2.96. The van der Waals surface area contributed by atoms with Gasteiger partial charge in [-0.3, -0.25) is 0 Å². The fraction of sp³-hybridized carbons (Fsp3) is 0. The van der Waals surface area contributed by atoms with E-state index in [-0.39, 0.29) is 0 Å². The predicted octanol–water partition coefficient (Wildman–Crippen LogP) is 2.85. The third kappa shape index (κ3) is 1.05. The molecule has 0 bridgehead atoms. The van der Waals surface area contributed by atoms with Gasteiger partial charge >= 0.3 is 82.3 Å². The molecule has 0 atom stereocenters. The summed E-state index contributed by atoms with van der Waals surface area (Å²) in [6, 6.07) is 18.2. The van der Waals surface area contributed by atoms with E-state index in [2.05, 4.69) is 42.5 Å². The topological polar surface area (TPSA) is 0 Å². The van der Waals surface area contributed by atoms with Crippen molar-refractivity contribution >= 4 is 33.8 Å². The second-order valence-electron chi connectivity index (χ2n) is 3.01. The first-order valence-electron chi connectivity index (χ1n) is 4.23. The van der Waals surface area contributed by atoms with Gasteiger partial charge in [0.05, 0.1) is 0 Å². The summed E-state index contributed by atoms with van der Waals surface area (Å²) in [7, 11) is 0. The van der Waals surface area contributed by atoms with E-state index in [0.29, 0.717) is 14.5 Å². The SMILES string of the molecule is [c]1cccc2[se]c3ccccc3c12. The van der Waals surface area contributed by atoms with E-state index in [1.165, 1.54) is 19.3 Å². The van der Waals surface area contributed by atoms with Crippen molar-refractivity contribution in [1.29, 1.82) is 0 Å². The summed E-state index contributed by atoms with van der Waals surface area (Å²) in [5, 5.41) is 2.70. The van der Waals surface area contributed by atoms with Crippen LogP contribution in [0.2, 0.25) is 0 Å². The fourth-order valence-electron chi connectivity index (χ4n) is 1.60. The number of hydrogen-bond acceptors (Lipinski definition) is 0. The molecule has 1 radical (unpaired) electrons. The van der Waals surface area contributed by atoms with Gasteiger partial charge in [0.25, 0.3) is 0 Å². The molecule has 0 amide bonds. The van der Waals surface area contributed by atoms with Crippen molar-refractivity contribution in [2.45, 2.75) is 0 Å². The van der Waals surface area contributed by atoms with Crippen LogP contribution in [0.1, 0.15) is 0 Å². The molecule has 0 aliphatic heterocycles. The second-order valence-corrected chi connectivity index (χ2v) is 5.28. The van der Waals surface area contributed by atoms with Gasteiger partial charge in [-0.05, 0) is 0 Å². The molecular formula is C12H7Se. The normalized spacial score (nSPS) is 11.1. The van der Waals surface area contributed by atoms with Gasteiger partial charge in [0.1, 0.15) is 0 Å². The summed E-state index contributed by atoms with van der Waals surface area (Å²) in [4.78, 5) is 0. The Morgan fingerprint density at radius 1 is 0.923 bits per heavy atom. The molecule has 3 aromatic rings. The van der Waals surface area contributed by atoms with Gasteiger partial charge < -0.3 is 0 Å². The van der Waals surface area contributed by atoms with E-state index in [0.717, 1.165) is 0 Å². The van der Waals surface area contributed by atoms with Gasteiger partial charge in [-0.1, -0.05) is 0 Å². The van der Waals surface area contributed by atoms with Crippen molar-refractivity contribution in [3.05, 3.63) is 48.5 Å². The van der Waals surface area contributed by atoms with E-state index >= 15 is 0 Å². The number of benzene rings is 2. The van der Waals surface area contributed by atoms with Gasteiger partial charge in [0.2, 0.25) is 0 Å². The molecule has 0 N–H and O–H groups in total. The monoisotopic (exact) mass is 231 g/mol. The molecule has 13 heavy (non-hydrogen) atoms. The fourth-order valence-corrected chi connectivity index (χ4v) is 3.87. The van der Waals surface area contributed by atoms with Gasteiger partial charge in [0, 0.05) is 0 Å². The van der Waals surface area contributed by atoms with Gasteiger partial charge in [-0.15, -0.1) is 0 Å². The molecule has 1 heterocycles. The van der Waals surface area contributed by atoms with Crippen LogP contribution < -0.4 is 0 Å². The van der Waals surface area contributed by atoms with Crippen molar-refractivity contribution < 1.29 is 0 Å². The molecule has 0 fully saturated rings. The molecule has 0 aliphatic rings. The van der Waals surface area contributed by atoms with Gasteiger partial charge in [0.15, 0.2) is 0 Å². The van der Waals surface area contributed by atoms with Crippen LogP contribution in [0.5, 0.6) is 0 Å². The Bertz CT molecular complexity index is 513. The maximum atomic E-state index is 3.32. The number of hydrogen-bond donors (Lipinski definition) is 0. The zero-order valence-corrected chi connectivity index (χ0v) is 8.66. The Labute approximate surface area is 82.6 Å². The first-order chi connectivity index (χ1) is 6.45. The summed E-state index contributed by atoms with van der Waals surface area (Å²) in [5.74, 6) is 0. The van der Waals surface area contributed by atoms with Gasteiger partial charge in [-0.2, -0.15) is 0 Å². The van der Waals surface area contributed by atoms with Crippen LogP contribution >= 0.6 is 0 Å². The average Bonchev–Trinajstić information content (AvgIpc) is 2.56. The molecule has 0 nitrogen and oxygen atoms in total. The van der Waals surface area contributed by atoms with E-state index in [1.807, 2.05) is 6.07 Å². The van der Waals surface area contributed by atoms with Crippen LogP contribution in [0.3, 0.4) is 0 Å². The summed E-state index contributed by atoms with van der Waals surface area (Å²) in [6.07, 6.45) is 0. The van der Waals surface area contributed by atoms with E-state index in [4.69, 9.17) is 0 Å². The van der Waals surface area contributed by atoms with Crippen molar-refractivity contribution in [2.75, 3.05) is 0 Å². The molecule has 0 saturated heterocycles. The maximum absolute atomic E-state index is 3.32. The van der Waals surface area contributed by atoms with Crippen LogP contribution in [-0.4, -0.2) is 14.5 Å². The van der Waals surface area contributed by atoms with Crippen LogP contribution in [0.25, 0.3) is 19.3 Å². The van der Waals surface area contributed by atoms with E-state index in [9.17, 15) is 0 Å². The molecule has 0 saturated carbocycles. The molecule has 0 unspecified atom stereocenters. The first-order valence-corrected chi connectivity index (χ1v) is 5.94. The van der Waals surface area contributed by atoms with E-state index < -0.39 is 0 Å². The third-order valence-electron chi connectivity index (χ3n) is 2.19. The van der Waals surface area contributed by atoms with Crippen LogP contribution in [-0.2, 0) is 0 Å². The first kappa shape index (κ1) is 7.37. The Morgan fingerprint density at radius 2 is 1.77 bits per heavy atom. The Kier molecular flexibility index (Phi) is 1.55. The molecule has 0 aliphatic carbocycles. The number of rotatable bonds is 0. The Hall–Kier alpha value is -1.04. The molecule has 1 heteroatoms. The Balaban J connectivity index is 2.64. The molecule has 1 aromatic heterocycles. The minimum absolute atomic E-state index is 0.504. The zero-order chi connectivity index (χ0) is 8.67. The standard InChI is InChI=1S/C12H7Se/c1-3-7-11-9(5-1)10-6-2-4-8-12(10)13-11/h1-5,7-8H. The van der Waals surface area contributed by atoms with Crippen LogP contribution in [0.15, 0.2) is 42.5 Å². The van der Waals surface area contributed by atoms with Crippen molar-refractivity contribution in [2.24, 2.45) is 0 Å². The van der Waals surface area contributed by atoms with Crippen molar-refractivity contribution in [3.8, 4) is 0 Å². The summed E-state index contributed by atoms with van der Waals surface area (Å²) >= 11 is 0.504. The molecule has 3 rings (SSSR count).